The van der Waals surface area contributed by atoms with Gasteiger partial charge in [0, 0.05) is 62.5 Å². The Morgan fingerprint density at radius 2 is 1.60 bits per heavy atom. The SMILES string of the molecule is O=C(CCN1CCN(S(=O)(=O)c2cccc([N+](=O)[O-])c2)CC1)Nc1ccccc1-c1ccccc1. The number of para-hydroxylation sites is 1. The molecule has 1 aliphatic heterocycles. The van der Waals surface area contributed by atoms with Gasteiger partial charge >= 0.3 is 0 Å². The van der Waals surface area contributed by atoms with Crippen LogP contribution in [0.15, 0.2) is 83.8 Å². The Balaban J connectivity index is 1.31. The van der Waals surface area contributed by atoms with Crippen LogP contribution >= 0.6 is 0 Å². The first kappa shape index (κ1) is 24.5. The maximum absolute atomic E-state index is 12.9. The zero-order valence-corrected chi connectivity index (χ0v) is 19.9. The van der Waals surface area contributed by atoms with E-state index >= 15 is 0 Å². The number of hydrogen-bond acceptors (Lipinski definition) is 6. The minimum atomic E-state index is -3.82. The summed E-state index contributed by atoms with van der Waals surface area (Å²) in [6.45, 7) is 1.96. The van der Waals surface area contributed by atoms with Crippen LogP contribution in [0.25, 0.3) is 11.1 Å². The lowest BCUT2D eigenvalue weighted by molar-refractivity contribution is -0.385. The van der Waals surface area contributed by atoms with E-state index < -0.39 is 14.9 Å². The van der Waals surface area contributed by atoms with Crippen LogP contribution in [0.2, 0.25) is 0 Å². The molecule has 10 heteroatoms. The number of benzene rings is 3. The number of nitrogens with one attached hydrogen (secondary N) is 1. The number of anilines is 1. The number of nitro groups is 1. The summed E-state index contributed by atoms with van der Waals surface area (Å²) in [7, 11) is -3.82. The van der Waals surface area contributed by atoms with Gasteiger partial charge in [0.15, 0.2) is 0 Å². The van der Waals surface area contributed by atoms with Gasteiger partial charge in [-0.25, -0.2) is 8.42 Å². The van der Waals surface area contributed by atoms with E-state index in [9.17, 15) is 23.3 Å². The van der Waals surface area contributed by atoms with Crippen molar-refractivity contribution in [1.82, 2.24) is 9.21 Å². The summed E-state index contributed by atoms with van der Waals surface area (Å²) < 4.78 is 27.1. The van der Waals surface area contributed by atoms with E-state index in [1.165, 1.54) is 22.5 Å². The topological polar surface area (TPSA) is 113 Å². The van der Waals surface area contributed by atoms with Crippen molar-refractivity contribution >= 4 is 27.3 Å². The molecular weight excluding hydrogens is 468 g/mol. The first-order valence-electron chi connectivity index (χ1n) is 11.3. The molecule has 0 atom stereocenters. The standard InChI is InChI=1S/C25H26N4O5S/c30-25(26-24-12-5-4-11-23(24)20-7-2-1-3-8-20)13-14-27-15-17-28(18-16-27)35(33,34)22-10-6-9-21(19-22)29(31)32/h1-12,19H,13-18H2,(H,26,30). The Labute approximate surface area is 204 Å². The number of hydrogen-bond donors (Lipinski definition) is 1. The van der Waals surface area contributed by atoms with Crippen molar-refractivity contribution in [3.63, 3.8) is 0 Å². The highest BCUT2D eigenvalue weighted by Gasteiger charge is 2.29. The lowest BCUT2D eigenvalue weighted by Gasteiger charge is -2.33. The molecule has 0 bridgehead atoms. The second kappa shape index (κ2) is 10.8. The molecule has 1 heterocycles. The van der Waals surface area contributed by atoms with E-state index in [1.807, 2.05) is 59.5 Å². The highest BCUT2D eigenvalue weighted by Crippen LogP contribution is 2.27. The van der Waals surface area contributed by atoms with Crippen LogP contribution in [0.4, 0.5) is 11.4 Å². The van der Waals surface area contributed by atoms with Crippen LogP contribution in [0.3, 0.4) is 0 Å². The Morgan fingerprint density at radius 1 is 0.914 bits per heavy atom. The molecule has 182 valence electrons. The van der Waals surface area contributed by atoms with Crippen molar-refractivity contribution in [3.8, 4) is 11.1 Å². The molecule has 1 fully saturated rings. The highest BCUT2D eigenvalue weighted by atomic mass is 32.2. The Morgan fingerprint density at radius 3 is 2.31 bits per heavy atom. The number of nitrogens with zero attached hydrogens (tertiary/aromatic N) is 3. The smallest absolute Gasteiger partial charge is 0.270 e. The van der Waals surface area contributed by atoms with Gasteiger partial charge in [0.2, 0.25) is 15.9 Å². The first-order chi connectivity index (χ1) is 16.8. The maximum atomic E-state index is 12.9. The largest absolute Gasteiger partial charge is 0.325 e. The second-order valence-corrected chi connectivity index (χ2v) is 10.1. The molecule has 35 heavy (non-hydrogen) atoms. The molecule has 3 aromatic rings. The molecule has 1 amide bonds. The number of rotatable bonds is 8. The van der Waals surface area contributed by atoms with Gasteiger partial charge in [-0.1, -0.05) is 54.6 Å². The minimum absolute atomic E-state index is 0.0865. The summed E-state index contributed by atoms with van der Waals surface area (Å²) in [4.78, 5) is 25.0. The van der Waals surface area contributed by atoms with Crippen molar-refractivity contribution in [2.45, 2.75) is 11.3 Å². The van der Waals surface area contributed by atoms with Gasteiger partial charge in [-0.2, -0.15) is 4.31 Å². The number of amides is 1. The van der Waals surface area contributed by atoms with Crippen LogP contribution < -0.4 is 5.32 Å². The van der Waals surface area contributed by atoms with Gasteiger partial charge in [0.25, 0.3) is 5.69 Å². The number of piperazine rings is 1. The van der Waals surface area contributed by atoms with Crippen molar-refractivity contribution in [2.24, 2.45) is 0 Å². The summed E-state index contributed by atoms with van der Waals surface area (Å²) >= 11 is 0. The second-order valence-electron chi connectivity index (χ2n) is 8.21. The summed E-state index contributed by atoms with van der Waals surface area (Å²) in [6, 6.07) is 22.6. The molecule has 0 aromatic heterocycles. The van der Waals surface area contributed by atoms with Crippen molar-refractivity contribution in [3.05, 3.63) is 89.0 Å². The van der Waals surface area contributed by atoms with Gasteiger partial charge in [0.1, 0.15) is 0 Å². The van der Waals surface area contributed by atoms with E-state index in [2.05, 4.69) is 5.32 Å². The van der Waals surface area contributed by atoms with E-state index in [0.29, 0.717) is 19.6 Å². The number of carbonyl (C=O) groups is 1. The minimum Gasteiger partial charge on any atom is -0.325 e. The van der Waals surface area contributed by atoms with Crippen molar-refractivity contribution in [1.29, 1.82) is 0 Å². The summed E-state index contributed by atoms with van der Waals surface area (Å²) in [6.07, 6.45) is 0.279. The lowest BCUT2D eigenvalue weighted by Crippen LogP contribution is -2.49. The van der Waals surface area contributed by atoms with Crippen molar-refractivity contribution < 1.29 is 18.1 Å². The first-order valence-corrected chi connectivity index (χ1v) is 12.7. The number of non-ortho nitro benzene ring substituents is 1. The predicted octanol–water partition coefficient (Wildman–Crippen LogP) is 3.60. The summed E-state index contributed by atoms with van der Waals surface area (Å²) in [5.41, 5.74) is 2.45. The summed E-state index contributed by atoms with van der Waals surface area (Å²) in [5.74, 6) is -0.111. The molecule has 4 rings (SSSR count). The number of sulfonamides is 1. The molecule has 9 nitrogen and oxygen atoms in total. The van der Waals surface area contributed by atoms with Gasteiger partial charge in [0.05, 0.1) is 9.82 Å². The van der Waals surface area contributed by atoms with Gasteiger partial charge < -0.3 is 10.2 Å². The molecule has 1 aliphatic rings. The Hall–Kier alpha value is -3.60. The maximum Gasteiger partial charge on any atom is 0.270 e. The molecule has 0 spiro atoms. The molecule has 0 aliphatic carbocycles. The van der Waals surface area contributed by atoms with E-state index in [4.69, 9.17) is 0 Å². The average Bonchev–Trinajstić information content (AvgIpc) is 2.88. The van der Waals surface area contributed by atoms with Crippen LogP contribution in [-0.4, -0.2) is 61.2 Å². The molecular formula is C25H26N4O5S. The van der Waals surface area contributed by atoms with Gasteiger partial charge in [-0.05, 0) is 17.7 Å². The fourth-order valence-corrected chi connectivity index (χ4v) is 5.50. The molecule has 0 saturated carbocycles. The van der Waals surface area contributed by atoms with Gasteiger partial charge in [-0.15, -0.1) is 0 Å². The van der Waals surface area contributed by atoms with Crippen LogP contribution in [0.5, 0.6) is 0 Å². The van der Waals surface area contributed by atoms with E-state index in [0.717, 1.165) is 22.9 Å². The Bertz CT molecular complexity index is 1310. The summed E-state index contributed by atoms with van der Waals surface area (Å²) in [5, 5.41) is 14.0. The number of nitro benzene ring substituents is 1. The molecule has 0 unspecified atom stereocenters. The molecule has 0 radical (unpaired) electrons. The van der Waals surface area contributed by atoms with Crippen LogP contribution in [0, 0.1) is 10.1 Å². The van der Waals surface area contributed by atoms with Crippen LogP contribution in [-0.2, 0) is 14.8 Å². The van der Waals surface area contributed by atoms with Crippen molar-refractivity contribution in [2.75, 3.05) is 38.0 Å². The highest BCUT2D eigenvalue weighted by molar-refractivity contribution is 7.89. The fraction of sp³-hybridized carbons (Fsp3) is 0.240. The fourth-order valence-electron chi connectivity index (χ4n) is 4.03. The Kier molecular flexibility index (Phi) is 7.54. The number of carbonyl (C=O) groups excluding carboxylic acids is 1. The quantitative estimate of drug-likeness (QED) is 0.378. The zero-order chi connectivity index (χ0) is 24.8. The third-order valence-electron chi connectivity index (χ3n) is 5.94. The van der Waals surface area contributed by atoms with Crippen LogP contribution in [0.1, 0.15) is 6.42 Å². The molecule has 1 N–H and O–H groups in total. The predicted molar refractivity (Wildman–Crippen MR) is 133 cm³/mol. The normalized spacial score (nSPS) is 15.0. The molecule has 3 aromatic carbocycles. The average molecular weight is 495 g/mol. The van der Waals surface area contributed by atoms with E-state index in [-0.39, 0.29) is 36.0 Å². The van der Waals surface area contributed by atoms with E-state index in [1.54, 1.807) is 0 Å². The molecule has 1 saturated heterocycles. The monoisotopic (exact) mass is 494 g/mol. The lowest BCUT2D eigenvalue weighted by atomic mass is 10.0. The third-order valence-corrected chi connectivity index (χ3v) is 7.83. The third kappa shape index (κ3) is 5.91. The van der Waals surface area contributed by atoms with Gasteiger partial charge in [-0.3, -0.25) is 14.9 Å². The zero-order valence-electron chi connectivity index (χ0n) is 19.0.